The van der Waals surface area contributed by atoms with Crippen molar-refractivity contribution in [3.63, 3.8) is 0 Å². The fourth-order valence-electron chi connectivity index (χ4n) is 6.32. The van der Waals surface area contributed by atoms with Gasteiger partial charge in [-0.15, -0.1) is 0 Å². The van der Waals surface area contributed by atoms with E-state index in [1.807, 2.05) is 0 Å². The molecule has 0 N–H and O–H groups in total. The quantitative estimate of drug-likeness (QED) is 0.193. The lowest BCUT2D eigenvalue weighted by Crippen LogP contribution is -2.42. The molecule has 4 aromatic rings. The zero-order valence-corrected chi connectivity index (χ0v) is 29.5. The zero-order valence-electron chi connectivity index (χ0n) is 29.5. The van der Waals surface area contributed by atoms with E-state index in [1.165, 1.54) is 39.8 Å². The summed E-state index contributed by atoms with van der Waals surface area (Å²) in [6.45, 7) is 8.03. The highest BCUT2D eigenvalue weighted by molar-refractivity contribution is 5.72. The van der Waals surface area contributed by atoms with Gasteiger partial charge in [0.25, 0.3) is 0 Å². The first-order valence-corrected chi connectivity index (χ1v) is 15.7. The molecule has 4 nitrogen and oxygen atoms in total. The summed E-state index contributed by atoms with van der Waals surface area (Å²) in [5, 5.41) is 0. The second-order valence-electron chi connectivity index (χ2n) is 14.8. The van der Waals surface area contributed by atoms with Crippen LogP contribution in [0.3, 0.4) is 0 Å². The Kier molecular flexibility index (Phi) is 8.80. The first-order chi connectivity index (χ1) is 23.1. The van der Waals surface area contributed by atoms with Crippen LogP contribution in [-0.4, -0.2) is 38.2 Å². The molecular weight excluding hydrogens is 690 g/mol. The van der Waals surface area contributed by atoms with Crippen LogP contribution in [0.5, 0.6) is 0 Å². The smallest absolute Gasteiger partial charge is 0.378 e. The molecule has 3 heterocycles. The number of fused-ring (bicyclic) bond motifs is 10. The van der Waals surface area contributed by atoms with Crippen LogP contribution in [0.25, 0.3) is 22.5 Å². The minimum Gasteiger partial charge on any atom is -0.378 e. The van der Waals surface area contributed by atoms with Crippen molar-refractivity contribution in [2.45, 2.75) is 70.1 Å². The van der Waals surface area contributed by atoms with Crippen molar-refractivity contribution in [3.05, 3.63) is 93.3 Å². The average molecular weight is 727 g/mol. The van der Waals surface area contributed by atoms with E-state index in [4.69, 9.17) is 0 Å². The van der Waals surface area contributed by atoms with Crippen molar-refractivity contribution in [1.82, 2.24) is 9.97 Å². The minimum absolute atomic E-state index is 0.141. The topological polar surface area (TPSA) is 32.3 Å². The van der Waals surface area contributed by atoms with Crippen molar-refractivity contribution >= 4 is 11.4 Å². The fraction of sp³-hybridized carbons (Fsp3) is 0.405. The van der Waals surface area contributed by atoms with Crippen molar-refractivity contribution in [2.24, 2.45) is 0 Å². The summed E-state index contributed by atoms with van der Waals surface area (Å²) in [5.74, 6) is -7.98. The SMILES string of the molecule is CN(C)c1cc2nc(c1)C(C)(C)c1cc(N(C)C)cc(n1)-c1cc(c(F)c(C(F)(F)F)c1F)C(C)(C)C(C)(C)c1cc-2c(F)c(C(F)(F)F)c1F. The van der Waals surface area contributed by atoms with Crippen LogP contribution in [0.1, 0.15) is 75.2 Å². The highest BCUT2D eigenvalue weighted by Gasteiger charge is 2.50. The van der Waals surface area contributed by atoms with Crippen LogP contribution in [0.2, 0.25) is 0 Å². The van der Waals surface area contributed by atoms with Gasteiger partial charge in [0, 0.05) is 66.9 Å². The molecule has 0 amide bonds. The first-order valence-electron chi connectivity index (χ1n) is 15.7. The molecule has 5 rings (SSSR count). The molecule has 0 radical (unpaired) electrons. The Morgan fingerprint density at radius 2 is 0.804 bits per heavy atom. The number of aromatic nitrogens is 2. The van der Waals surface area contributed by atoms with E-state index < -0.39 is 85.2 Å². The summed E-state index contributed by atoms with van der Waals surface area (Å²) in [7, 11) is 6.51. The van der Waals surface area contributed by atoms with Gasteiger partial charge in [-0.05, 0) is 61.4 Å². The maximum atomic E-state index is 16.3. The number of alkyl halides is 6. The molecule has 0 unspecified atom stereocenters. The second-order valence-corrected chi connectivity index (χ2v) is 14.8. The number of nitrogens with zero attached hydrogens (tertiary/aromatic N) is 4. The Bertz CT molecular complexity index is 1910. The molecule has 14 heteroatoms. The van der Waals surface area contributed by atoms with Gasteiger partial charge in [0.1, 0.15) is 34.4 Å². The Hall–Kier alpha value is -4.36. The van der Waals surface area contributed by atoms with Crippen molar-refractivity contribution in [2.75, 3.05) is 38.0 Å². The predicted octanol–water partition coefficient (Wildman–Crippen LogP) is 10.4. The van der Waals surface area contributed by atoms with Gasteiger partial charge >= 0.3 is 12.4 Å². The molecular formula is C37H36F10N4. The monoisotopic (exact) mass is 726 g/mol. The highest BCUT2D eigenvalue weighted by Crippen LogP contribution is 2.52. The van der Waals surface area contributed by atoms with E-state index in [-0.39, 0.29) is 22.8 Å². The number of anilines is 2. The van der Waals surface area contributed by atoms with E-state index in [9.17, 15) is 26.3 Å². The van der Waals surface area contributed by atoms with Crippen molar-refractivity contribution < 1.29 is 43.9 Å². The lowest BCUT2D eigenvalue weighted by Gasteiger charge is -2.44. The van der Waals surface area contributed by atoms with Crippen molar-refractivity contribution in [3.8, 4) is 22.5 Å². The summed E-state index contributed by atoms with van der Waals surface area (Å²) >= 11 is 0. The van der Waals surface area contributed by atoms with Crippen LogP contribution < -0.4 is 9.80 Å². The number of hydrogen-bond donors (Lipinski definition) is 0. The summed E-state index contributed by atoms with van der Waals surface area (Å²) in [6, 6.07) is 7.44. The van der Waals surface area contributed by atoms with Gasteiger partial charge in [-0.2, -0.15) is 26.3 Å². The summed E-state index contributed by atoms with van der Waals surface area (Å²) in [6.07, 6.45) is -11.2. The van der Waals surface area contributed by atoms with Crippen LogP contribution >= 0.6 is 0 Å². The Morgan fingerprint density at radius 3 is 1.08 bits per heavy atom. The molecule has 0 aliphatic carbocycles. The zero-order chi connectivity index (χ0) is 38.5. The van der Waals surface area contributed by atoms with Crippen LogP contribution in [0, 0.1) is 23.3 Å². The summed E-state index contributed by atoms with van der Waals surface area (Å²) < 4.78 is 152. The molecule has 0 spiro atoms. The molecule has 1 aliphatic heterocycles. The van der Waals surface area contributed by atoms with E-state index in [0.29, 0.717) is 11.4 Å². The van der Waals surface area contributed by atoms with Gasteiger partial charge in [0.15, 0.2) is 0 Å². The lowest BCUT2D eigenvalue weighted by atomic mass is 9.60. The molecule has 2 aromatic carbocycles. The molecule has 8 bridgehead atoms. The van der Waals surface area contributed by atoms with Gasteiger partial charge < -0.3 is 9.80 Å². The Balaban J connectivity index is 2.12. The highest BCUT2D eigenvalue weighted by atomic mass is 19.4. The first kappa shape index (κ1) is 37.9. The van der Waals surface area contributed by atoms with Gasteiger partial charge in [0.2, 0.25) is 0 Å². The van der Waals surface area contributed by atoms with Crippen LogP contribution in [0.15, 0.2) is 36.4 Å². The molecule has 2 aromatic heterocycles. The summed E-state index contributed by atoms with van der Waals surface area (Å²) in [5.41, 5.74) is -12.5. The normalized spacial score (nSPS) is 16.3. The van der Waals surface area contributed by atoms with E-state index in [0.717, 1.165) is 12.1 Å². The van der Waals surface area contributed by atoms with Crippen LogP contribution in [-0.2, 0) is 28.6 Å². The second kappa shape index (κ2) is 11.8. The van der Waals surface area contributed by atoms with Crippen LogP contribution in [0.4, 0.5) is 55.3 Å². The van der Waals surface area contributed by atoms with Gasteiger partial charge in [0.05, 0.1) is 22.8 Å². The number of benzene rings is 2. The number of halogens is 10. The molecule has 0 saturated carbocycles. The van der Waals surface area contributed by atoms with E-state index >= 15 is 17.6 Å². The van der Waals surface area contributed by atoms with E-state index in [1.54, 1.807) is 64.0 Å². The third kappa shape index (κ3) is 5.97. The Morgan fingerprint density at radius 1 is 0.490 bits per heavy atom. The molecule has 0 atom stereocenters. The number of pyridine rings is 2. The fourth-order valence-corrected chi connectivity index (χ4v) is 6.32. The minimum atomic E-state index is -5.58. The maximum absolute atomic E-state index is 16.3. The predicted molar refractivity (Wildman–Crippen MR) is 176 cm³/mol. The lowest BCUT2D eigenvalue weighted by molar-refractivity contribution is -0.143. The molecule has 1 aliphatic rings. The summed E-state index contributed by atoms with van der Waals surface area (Å²) in [4.78, 5) is 12.4. The number of hydrogen-bond acceptors (Lipinski definition) is 4. The van der Waals surface area contributed by atoms with Crippen molar-refractivity contribution in [1.29, 1.82) is 0 Å². The maximum Gasteiger partial charge on any atom is 0.422 e. The standard InChI is InChI=1S/C37H36F10N4/c1-33(2)25-13-17(50(7)8)11-23(48-25)19-15-21(31(40)27(29(19)38)36(42,43)44)34(3,4)35(5,6)22-16-20(30(39)28(32(22)41)37(45,46)47)24-12-18(51(9)10)14-26(33)49-24/h11-16H,1-10H3. The van der Waals surface area contributed by atoms with E-state index in [2.05, 4.69) is 9.97 Å². The molecule has 51 heavy (non-hydrogen) atoms. The van der Waals surface area contributed by atoms with Gasteiger partial charge in [-0.1, -0.05) is 27.7 Å². The van der Waals surface area contributed by atoms with Gasteiger partial charge in [-0.25, -0.2) is 17.6 Å². The molecule has 0 fully saturated rings. The average Bonchev–Trinajstić information content (AvgIpc) is 2.98. The third-order valence-electron chi connectivity index (χ3n) is 10.4. The third-order valence-corrected chi connectivity index (χ3v) is 10.4. The largest absolute Gasteiger partial charge is 0.422 e. The molecule has 274 valence electrons. The molecule has 0 saturated heterocycles. The number of rotatable bonds is 2. The van der Waals surface area contributed by atoms with Gasteiger partial charge in [-0.3, -0.25) is 9.97 Å². The Labute approximate surface area is 289 Å².